The topological polar surface area (TPSA) is 39.7 Å². The van der Waals surface area contributed by atoms with E-state index in [9.17, 15) is 0 Å². The fourth-order valence-electron chi connectivity index (χ4n) is 2.95. The fraction of sp³-hybridized carbons (Fsp3) is 1.00. The maximum Gasteiger partial charge on any atom is 0.0700 e. The molecule has 126 valence electrons. The van der Waals surface area contributed by atoms with E-state index in [1.807, 2.05) is 0 Å². The van der Waals surface area contributed by atoms with Crippen molar-refractivity contribution < 1.29 is 14.2 Å². The van der Waals surface area contributed by atoms with E-state index < -0.39 is 0 Å². The van der Waals surface area contributed by atoms with Gasteiger partial charge in [-0.3, -0.25) is 0 Å². The summed E-state index contributed by atoms with van der Waals surface area (Å²) in [6, 6.07) is 0.541. The van der Waals surface area contributed by atoms with Crippen molar-refractivity contribution in [2.24, 2.45) is 5.92 Å². The van der Waals surface area contributed by atoms with Crippen LogP contribution in [0.1, 0.15) is 51.9 Å². The fourth-order valence-corrected chi connectivity index (χ4v) is 2.95. The van der Waals surface area contributed by atoms with Gasteiger partial charge < -0.3 is 19.5 Å². The molecule has 1 atom stereocenters. The molecule has 0 aliphatic heterocycles. The smallest absolute Gasteiger partial charge is 0.0700 e. The number of ether oxygens (including phenoxy) is 3. The second kappa shape index (κ2) is 13.5. The Morgan fingerprint density at radius 3 is 2.48 bits per heavy atom. The van der Waals surface area contributed by atoms with E-state index in [4.69, 9.17) is 14.2 Å². The quantitative estimate of drug-likeness (QED) is 0.531. The van der Waals surface area contributed by atoms with E-state index in [1.54, 1.807) is 7.11 Å². The van der Waals surface area contributed by atoms with Gasteiger partial charge in [0, 0.05) is 26.4 Å². The molecule has 0 bridgehead atoms. The molecule has 0 aromatic rings. The first-order valence-corrected chi connectivity index (χ1v) is 8.76. The van der Waals surface area contributed by atoms with Crippen molar-refractivity contribution >= 4 is 0 Å². The molecule has 1 unspecified atom stereocenters. The molecule has 1 aliphatic carbocycles. The van der Waals surface area contributed by atoms with Crippen molar-refractivity contribution in [3.05, 3.63) is 0 Å². The highest BCUT2D eigenvalue weighted by atomic mass is 16.5. The Morgan fingerprint density at radius 2 is 1.76 bits per heavy atom. The van der Waals surface area contributed by atoms with Crippen LogP contribution in [0.3, 0.4) is 0 Å². The predicted octanol–water partition coefficient (Wildman–Crippen LogP) is 3.00. The summed E-state index contributed by atoms with van der Waals surface area (Å²) in [7, 11) is 1.70. The Kier molecular flexibility index (Phi) is 12.1. The van der Waals surface area contributed by atoms with Gasteiger partial charge in [-0.05, 0) is 38.1 Å². The Labute approximate surface area is 130 Å². The second-order valence-corrected chi connectivity index (χ2v) is 5.99. The van der Waals surface area contributed by atoms with Gasteiger partial charge in [-0.2, -0.15) is 0 Å². The molecule has 0 radical (unpaired) electrons. The van der Waals surface area contributed by atoms with Gasteiger partial charge in [-0.25, -0.2) is 0 Å². The van der Waals surface area contributed by atoms with Gasteiger partial charge in [0.25, 0.3) is 0 Å². The van der Waals surface area contributed by atoms with E-state index in [0.29, 0.717) is 19.3 Å². The molecule has 0 aromatic carbocycles. The lowest BCUT2D eigenvalue weighted by Gasteiger charge is -2.31. The lowest BCUT2D eigenvalue weighted by molar-refractivity contribution is 0.0414. The number of hydrogen-bond donors (Lipinski definition) is 1. The number of nitrogens with one attached hydrogen (secondary N) is 1. The van der Waals surface area contributed by atoms with Crippen molar-refractivity contribution in [1.29, 1.82) is 0 Å². The third-order valence-corrected chi connectivity index (χ3v) is 4.18. The minimum absolute atomic E-state index is 0.541. The maximum absolute atomic E-state index is 5.88. The molecule has 4 nitrogen and oxygen atoms in total. The molecule has 1 N–H and O–H groups in total. The Balaban J connectivity index is 2.08. The number of methoxy groups -OCH3 is 1. The summed E-state index contributed by atoms with van der Waals surface area (Å²) in [5, 5.41) is 3.69. The molecule has 1 fully saturated rings. The monoisotopic (exact) mass is 301 g/mol. The average molecular weight is 301 g/mol. The van der Waals surface area contributed by atoms with Crippen LogP contribution in [-0.2, 0) is 14.2 Å². The standard InChI is InChI=1S/C17H35NO3/c1-3-10-18-17(16-8-5-4-6-9-16)15-21-12-7-11-20-14-13-19-2/h16-18H,3-15H2,1-2H3. The van der Waals surface area contributed by atoms with Gasteiger partial charge in [0.1, 0.15) is 0 Å². The first-order valence-electron chi connectivity index (χ1n) is 8.76. The molecule has 0 heterocycles. The first-order chi connectivity index (χ1) is 10.4. The lowest BCUT2D eigenvalue weighted by atomic mass is 9.84. The van der Waals surface area contributed by atoms with E-state index in [2.05, 4.69) is 12.2 Å². The van der Waals surface area contributed by atoms with Crippen LogP contribution in [0.4, 0.5) is 0 Å². The zero-order chi connectivity index (χ0) is 15.2. The number of rotatable bonds is 13. The Morgan fingerprint density at radius 1 is 1.00 bits per heavy atom. The summed E-state index contributed by atoms with van der Waals surface area (Å²) in [4.78, 5) is 0. The first kappa shape index (κ1) is 18.9. The second-order valence-electron chi connectivity index (χ2n) is 5.99. The van der Waals surface area contributed by atoms with Crippen molar-refractivity contribution in [2.45, 2.75) is 57.9 Å². The third kappa shape index (κ3) is 9.46. The Bertz CT molecular complexity index is 220. The molecule has 1 saturated carbocycles. The van der Waals surface area contributed by atoms with Crippen molar-refractivity contribution in [1.82, 2.24) is 5.32 Å². The average Bonchev–Trinajstić information content (AvgIpc) is 2.53. The maximum atomic E-state index is 5.88. The van der Waals surface area contributed by atoms with E-state index in [0.717, 1.165) is 38.7 Å². The minimum Gasteiger partial charge on any atom is -0.382 e. The summed E-state index contributed by atoms with van der Waals surface area (Å²) in [5.41, 5.74) is 0. The van der Waals surface area contributed by atoms with Crippen LogP contribution in [0.15, 0.2) is 0 Å². The largest absolute Gasteiger partial charge is 0.382 e. The normalized spacial score (nSPS) is 18.0. The van der Waals surface area contributed by atoms with Crippen molar-refractivity contribution in [3.63, 3.8) is 0 Å². The molecule has 1 rings (SSSR count). The van der Waals surface area contributed by atoms with Crippen molar-refractivity contribution in [2.75, 3.05) is 46.7 Å². The molecule has 4 heteroatoms. The van der Waals surface area contributed by atoms with Crippen LogP contribution < -0.4 is 5.32 Å². The zero-order valence-corrected chi connectivity index (χ0v) is 14.1. The van der Waals surface area contributed by atoms with Crippen LogP contribution >= 0.6 is 0 Å². The van der Waals surface area contributed by atoms with Crippen LogP contribution in [0.5, 0.6) is 0 Å². The van der Waals surface area contributed by atoms with E-state index >= 15 is 0 Å². The van der Waals surface area contributed by atoms with Crippen LogP contribution in [0.2, 0.25) is 0 Å². The van der Waals surface area contributed by atoms with Gasteiger partial charge in [0.15, 0.2) is 0 Å². The predicted molar refractivity (Wildman–Crippen MR) is 86.8 cm³/mol. The number of hydrogen-bond acceptors (Lipinski definition) is 4. The van der Waals surface area contributed by atoms with E-state index in [-0.39, 0.29) is 0 Å². The van der Waals surface area contributed by atoms with Gasteiger partial charge >= 0.3 is 0 Å². The molecule has 0 saturated heterocycles. The van der Waals surface area contributed by atoms with Gasteiger partial charge in [-0.15, -0.1) is 0 Å². The third-order valence-electron chi connectivity index (χ3n) is 4.18. The molecular weight excluding hydrogens is 266 g/mol. The summed E-state index contributed by atoms with van der Waals surface area (Å²) >= 11 is 0. The van der Waals surface area contributed by atoms with Gasteiger partial charge in [0.2, 0.25) is 0 Å². The molecule has 21 heavy (non-hydrogen) atoms. The van der Waals surface area contributed by atoms with Gasteiger partial charge in [0.05, 0.1) is 19.8 Å². The van der Waals surface area contributed by atoms with Crippen molar-refractivity contribution in [3.8, 4) is 0 Å². The molecule has 0 spiro atoms. The molecule has 0 amide bonds. The van der Waals surface area contributed by atoms with Crippen LogP contribution in [-0.4, -0.2) is 52.7 Å². The summed E-state index contributed by atoms with van der Waals surface area (Å²) in [6.07, 6.45) is 9.09. The summed E-state index contributed by atoms with van der Waals surface area (Å²) in [6.45, 7) is 7.09. The minimum atomic E-state index is 0.541. The summed E-state index contributed by atoms with van der Waals surface area (Å²) in [5.74, 6) is 0.809. The molecule has 1 aliphatic rings. The zero-order valence-electron chi connectivity index (χ0n) is 14.1. The summed E-state index contributed by atoms with van der Waals surface area (Å²) < 4.78 is 16.3. The highest BCUT2D eigenvalue weighted by Crippen LogP contribution is 2.26. The van der Waals surface area contributed by atoms with Gasteiger partial charge in [-0.1, -0.05) is 26.2 Å². The van der Waals surface area contributed by atoms with Crippen LogP contribution in [0.25, 0.3) is 0 Å². The highest BCUT2D eigenvalue weighted by Gasteiger charge is 2.23. The van der Waals surface area contributed by atoms with Crippen LogP contribution in [0, 0.1) is 5.92 Å². The Hall–Kier alpha value is -0.160. The SMILES string of the molecule is CCCNC(COCCCOCCOC)C1CCCCC1. The molecule has 0 aromatic heterocycles. The van der Waals surface area contributed by atoms with E-state index in [1.165, 1.54) is 38.5 Å². The lowest BCUT2D eigenvalue weighted by Crippen LogP contribution is -2.41. The molecular formula is C17H35NO3. The highest BCUT2D eigenvalue weighted by molar-refractivity contribution is 4.79.